The summed E-state index contributed by atoms with van der Waals surface area (Å²) < 4.78 is 13.1. The van der Waals surface area contributed by atoms with Crippen LogP contribution in [0.15, 0.2) is 18.2 Å². The Kier molecular flexibility index (Phi) is 5.60. The fraction of sp³-hybridized carbons (Fsp3) is 0.600. The summed E-state index contributed by atoms with van der Waals surface area (Å²) in [5, 5.41) is 11.3. The number of rotatable bonds is 4. The predicted octanol–water partition coefficient (Wildman–Crippen LogP) is 3.66. The van der Waals surface area contributed by atoms with Gasteiger partial charge in [0.1, 0.15) is 5.82 Å². The Morgan fingerprint density at radius 2 is 2.11 bits per heavy atom. The zero-order valence-corrected chi connectivity index (χ0v) is 13.1. The van der Waals surface area contributed by atoms with Crippen molar-refractivity contribution in [3.8, 4) is 0 Å². The first kappa shape index (κ1) is 15.2. The SMILES string of the molecule is CCC1SCCSC1C(O)Cc1ccc(F)cc1C. The van der Waals surface area contributed by atoms with Gasteiger partial charge in [-0.15, -0.1) is 0 Å². The fourth-order valence-electron chi connectivity index (χ4n) is 2.52. The van der Waals surface area contributed by atoms with Crippen LogP contribution in [0.2, 0.25) is 0 Å². The van der Waals surface area contributed by atoms with E-state index in [9.17, 15) is 9.50 Å². The van der Waals surface area contributed by atoms with Gasteiger partial charge in [0.2, 0.25) is 0 Å². The van der Waals surface area contributed by atoms with Gasteiger partial charge in [-0.05, 0) is 43.0 Å². The minimum atomic E-state index is -0.341. The summed E-state index contributed by atoms with van der Waals surface area (Å²) in [6.07, 6.45) is 1.38. The molecule has 1 aliphatic heterocycles. The second-order valence-electron chi connectivity index (χ2n) is 5.00. The topological polar surface area (TPSA) is 20.2 Å². The molecule has 1 heterocycles. The van der Waals surface area contributed by atoms with Crippen LogP contribution in [0.25, 0.3) is 0 Å². The van der Waals surface area contributed by atoms with E-state index < -0.39 is 0 Å². The largest absolute Gasteiger partial charge is 0.392 e. The van der Waals surface area contributed by atoms with E-state index in [1.807, 2.05) is 30.4 Å². The number of halogens is 1. The summed E-state index contributed by atoms with van der Waals surface area (Å²) in [7, 11) is 0. The minimum Gasteiger partial charge on any atom is -0.392 e. The quantitative estimate of drug-likeness (QED) is 0.916. The monoisotopic (exact) mass is 300 g/mol. The molecule has 0 spiro atoms. The fourth-order valence-corrected chi connectivity index (χ4v) is 5.67. The van der Waals surface area contributed by atoms with Crippen LogP contribution in [0.1, 0.15) is 24.5 Å². The smallest absolute Gasteiger partial charge is 0.123 e. The molecular weight excluding hydrogens is 279 g/mol. The summed E-state index contributed by atoms with van der Waals surface area (Å²) in [5.41, 5.74) is 1.99. The number of aliphatic hydroxyl groups excluding tert-OH is 1. The molecule has 2 rings (SSSR count). The molecule has 0 amide bonds. The van der Waals surface area contributed by atoms with Gasteiger partial charge in [0.15, 0.2) is 0 Å². The molecule has 0 radical (unpaired) electrons. The second kappa shape index (κ2) is 7.00. The molecule has 0 aliphatic carbocycles. The highest BCUT2D eigenvalue weighted by Gasteiger charge is 2.31. The Labute approximate surface area is 123 Å². The van der Waals surface area contributed by atoms with E-state index in [1.165, 1.54) is 11.8 Å². The van der Waals surface area contributed by atoms with Crippen molar-refractivity contribution in [2.45, 2.75) is 43.3 Å². The first-order valence-electron chi connectivity index (χ1n) is 6.78. The molecule has 0 bridgehead atoms. The number of hydrogen-bond acceptors (Lipinski definition) is 3. The van der Waals surface area contributed by atoms with Gasteiger partial charge in [-0.3, -0.25) is 0 Å². The van der Waals surface area contributed by atoms with Crippen LogP contribution in [0, 0.1) is 12.7 Å². The normalized spacial score (nSPS) is 25.3. The average molecular weight is 300 g/mol. The van der Waals surface area contributed by atoms with Gasteiger partial charge < -0.3 is 5.11 Å². The van der Waals surface area contributed by atoms with Crippen molar-refractivity contribution < 1.29 is 9.50 Å². The Bertz CT molecular complexity index is 425. The molecule has 19 heavy (non-hydrogen) atoms. The van der Waals surface area contributed by atoms with Gasteiger partial charge in [-0.25, -0.2) is 4.39 Å². The lowest BCUT2D eigenvalue weighted by atomic mass is 9.99. The molecule has 1 fully saturated rings. The van der Waals surface area contributed by atoms with E-state index in [2.05, 4.69) is 6.92 Å². The third-order valence-electron chi connectivity index (χ3n) is 3.61. The van der Waals surface area contributed by atoms with E-state index >= 15 is 0 Å². The first-order valence-corrected chi connectivity index (χ1v) is 8.88. The van der Waals surface area contributed by atoms with E-state index in [0.717, 1.165) is 23.3 Å². The van der Waals surface area contributed by atoms with Crippen molar-refractivity contribution in [2.24, 2.45) is 0 Å². The van der Waals surface area contributed by atoms with Gasteiger partial charge in [0, 0.05) is 22.0 Å². The lowest BCUT2D eigenvalue weighted by Crippen LogP contribution is -2.37. The van der Waals surface area contributed by atoms with Gasteiger partial charge in [0.25, 0.3) is 0 Å². The highest BCUT2D eigenvalue weighted by atomic mass is 32.2. The third kappa shape index (κ3) is 3.89. The summed E-state index contributed by atoms with van der Waals surface area (Å²) in [6, 6.07) is 4.83. The Morgan fingerprint density at radius 1 is 1.37 bits per heavy atom. The Balaban J connectivity index is 2.04. The maximum absolute atomic E-state index is 13.1. The highest BCUT2D eigenvalue weighted by Crippen LogP contribution is 2.36. The van der Waals surface area contributed by atoms with E-state index in [0.29, 0.717) is 16.9 Å². The molecule has 1 aromatic rings. The van der Waals surface area contributed by atoms with Crippen molar-refractivity contribution >= 4 is 23.5 Å². The van der Waals surface area contributed by atoms with Crippen LogP contribution < -0.4 is 0 Å². The molecule has 3 atom stereocenters. The lowest BCUT2D eigenvalue weighted by molar-refractivity contribution is 0.169. The second-order valence-corrected chi connectivity index (χ2v) is 7.63. The number of thioether (sulfide) groups is 2. The van der Waals surface area contributed by atoms with Gasteiger partial charge >= 0.3 is 0 Å². The summed E-state index contributed by atoms with van der Waals surface area (Å²) in [5.74, 6) is 2.09. The third-order valence-corrected chi connectivity index (χ3v) is 7.00. The molecule has 0 aromatic heterocycles. The molecule has 1 aliphatic rings. The van der Waals surface area contributed by atoms with Gasteiger partial charge in [0.05, 0.1) is 6.10 Å². The van der Waals surface area contributed by atoms with Crippen LogP contribution in [-0.4, -0.2) is 33.2 Å². The van der Waals surface area contributed by atoms with Crippen molar-refractivity contribution in [1.82, 2.24) is 0 Å². The van der Waals surface area contributed by atoms with Crippen LogP contribution in [0.4, 0.5) is 4.39 Å². The van der Waals surface area contributed by atoms with Crippen LogP contribution in [0.3, 0.4) is 0 Å². The van der Waals surface area contributed by atoms with Crippen LogP contribution in [0.5, 0.6) is 0 Å². The molecule has 1 saturated heterocycles. The van der Waals surface area contributed by atoms with Gasteiger partial charge in [-0.1, -0.05) is 13.0 Å². The van der Waals surface area contributed by atoms with E-state index in [4.69, 9.17) is 0 Å². The maximum atomic E-state index is 13.1. The van der Waals surface area contributed by atoms with Gasteiger partial charge in [-0.2, -0.15) is 23.5 Å². The Hall–Kier alpha value is -0.190. The Morgan fingerprint density at radius 3 is 2.79 bits per heavy atom. The van der Waals surface area contributed by atoms with Crippen molar-refractivity contribution in [2.75, 3.05) is 11.5 Å². The minimum absolute atomic E-state index is 0.204. The highest BCUT2D eigenvalue weighted by molar-refractivity contribution is 8.07. The number of benzene rings is 1. The van der Waals surface area contributed by atoms with E-state index in [1.54, 1.807) is 12.1 Å². The van der Waals surface area contributed by atoms with E-state index in [-0.39, 0.29) is 11.9 Å². The van der Waals surface area contributed by atoms with Crippen LogP contribution >= 0.6 is 23.5 Å². The average Bonchev–Trinajstić information content (AvgIpc) is 2.41. The molecule has 1 N–H and O–H groups in total. The summed E-state index contributed by atoms with van der Waals surface area (Å²) in [6.45, 7) is 4.09. The number of hydrogen-bond donors (Lipinski definition) is 1. The molecular formula is C15H21FOS2. The maximum Gasteiger partial charge on any atom is 0.123 e. The molecule has 1 nitrogen and oxygen atoms in total. The summed E-state index contributed by atoms with van der Waals surface area (Å²) >= 11 is 3.86. The number of aliphatic hydroxyl groups is 1. The molecule has 0 saturated carbocycles. The summed E-state index contributed by atoms with van der Waals surface area (Å²) in [4.78, 5) is 0. The van der Waals surface area contributed by atoms with Crippen molar-refractivity contribution in [1.29, 1.82) is 0 Å². The zero-order valence-electron chi connectivity index (χ0n) is 11.4. The predicted molar refractivity (Wildman–Crippen MR) is 83.6 cm³/mol. The molecule has 4 heteroatoms. The van der Waals surface area contributed by atoms with Crippen LogP contribution in [-0.2, 0) is 6.42 Å². The molecule has 3 unspecified atom stereocenters. The van der Waals surface area contributed by atoms with Crippen molar-refractivity contribution in [3.05, 3.63) is 35.1 Å². The molecule has 106 valence electrons. The standard InChI is InChI=1S/C15H21FOS2/c1-3-14-15(19-7-6-18-14)13(17)9-11-4-5-12(16)8-10(11)2/h4-5,8,13-15,17H,3,6-7,9H2,1-2H3. The molecule has 1 aromatic carbocycles. The lowest BCUT2D eigenvalue weighted by Gasteiger charge is -2.33. The van der Waals surface area contributed by atoms with Crippen molar-refractivity contribution in [3.63, 3.8) is 0 Å². The zero-order chi connectivity index (χ0) is 13.8. The first-order chi connectivity index (χ1) is 9.11. The number of aryl methyl sites for hydroxylation is 1.